The normalized spacial score (nSPS) is 23.0. The molecule has 2 aromatic rings. The number of nitrogens with one attached hydrogen (secondary N) is 1. The number of fused-ring (bicyclic) bond motifs is 1. The van der Waals surface area contributed by atoms with Gasteiger partial charge >= 0.3 is 0 Å². The number of amides is 1. The lowest BCUT2D eigenvalue weighted by Gasteiger charge is -2.27. The molecule has 0 bridgehead atoms. The summed E-state index contributed by atoms with van der Waals surface area (Å²) in [7, 11) is 2.10. The van der Waals surface area contributed by atoms with Crippen LogP contribution in [0.5, 0.6) is 0 Å². The van der Waals surface area contributed by atoms with Crippen molar-refractivity contribution >= 4 is 36.4 Å². The molecule has 0 saturated carbocycles. The molecule has 164 valence electrons. The quantitative estimate of drug-likeness (QED) is 0.717. The van der Waals surface area contributed by atoms with Crippen molar-refractivity contribution in [2.24, 2.45) is 11.8 Å². The molecule has 2 aliphatic heterocycles. The average molecular weight is 454 g/mol. The van der Waals surface area contributed by atoms with Crippen LogP contribution >= 0.6 is 24.8 Å². The summed E-state index contributed by atoms with van der Waals surface area (Å²) in [5.41, 5.74) is 2.62. The number of hydrogen-bond donors (Lipinski definition) is 1. The summed E-state index contributed by atoms with van der Waals surface area (Å²) in [6.45, 7) is 6.55. The molecule has 4 nitrogen and oxygen atoms in total. The van der Waals surface area contributed by atoms with Crippen molar-refractivity contribution in [1.82, 2.24) is 9.80 Å². The van der Waals surface area contributed by atoms with Crippen molar-refractivity contribution in [2.45, 2.75) is 25.9 Å². The first-order chi connectivity index (χ1) is 13.4. The standard InChI is InChI=1S/C23H28FN3O.2ClH/c1-15(2)25-21-10-5-4-9-19(21)23(28)27-13-17-12-26(3)22(20(17)14-27)16-7-6-8-18(24)11-16;;/h4-11,15,17,20,22,25H,12-14H2,1-3H3;2*1H/t17-,20+,22-;;/m0../s1. The van der Waals surface area contributed by atoms with Gasteiger partial charge in [-0.1, -0.05) is 24.3 Å². The minimum atomic E-state index is -0.200. The van der Waals surface area contributed by atoms with Gasteiger partial charge in [0.15, 0.2) is 0 Å². The van der Waals surface area contributed by atoms with E-state index in [1.807, 2.05) is 35.2 Å². The number of hydrogen-bond acceptors (Lipinski definition) is 3. The predicted molar refractivity (Wildman–Crippen MR) is 124 cm³/mol. The summed E-state index contributed by atoms with van der Waals surface area (Å²) >= 11 is 0. The highest BCUT2D eigenvalue weighted by Crippen LogP contribution is 2.44. The van der Waals surface area contributed by atoms with Crippen molar-refractivity contribution in [1.29, 1.82) is 0 Å². The Kier molecular flexibility index (Phi) is 8.14. The number of nitrogens with zero attached hydrogens (tertiary/aromatic N) is 2. The van der Waals surface area contributed by atoms with E-state index in [4.69, 9.17) is 0 Å². The number of anilines is 1. The van der Waals surface area contributed by atoms with Crippen molar-refractivity contribution in [2.75, 3.05) is 32.0 Å². The summed E-state index contributed by atoms with van der Waals surface area (Å²) < 4.78 is 13.8. The molecule has 2 aliphatic rings. The maximum absolute atomic E-state index is 13.8. The molecule has 2 heterocycles. The molecule has 0 unspecified atom stereocenters. The van der Waals surface area contributed by atoms with Gasteiger partial charge in [0.2, 0.25) is 0 Å². The van der Waals surface area contributed by atoms with Crippen LogP contribution in [-0.2, 0) is 0 Å². The van der Waals surface area contributed by atoms with Crippen molar-refractivity contribution in [3.05, 3.63) is 65.5 Å². The fourth-order valence-electron chi connectivity index (χ4n) is 4.89. The molecular weight excluding hydrogens is 424 g/mol. The van der Waals surface area contributed by atoms with Gasteiger partial charge in [0.1, 0.15) is 5.82 Å². The first-order valence-electron chi connectivity index (χ1n) is 10.0. The minimum absolute atomic E-state index is 0. The third-order valence-corrected chi connectivity index (χ3v) is 5.97. The highest BCUT2D eigenvalue weighted by atomic mass is 35.5. The Balaban J connectivity index is 0.00000160. The molecule has 30 heavy (non-hydrogen) atoms. The average Bonchev–Trinajstić information content (AvgIpc) is 3.17. The first kappa shape index (κ1) is 24.4. The van der Waals surface area contributed by atoms with Crippen LogP contribution in [0.1, 0.15) is 35.8 Å². The van der Waals surface area contributed by atoms with E-state index in [2.05, 4.69) is 31.1 Å². The van der Waals surface area contributed by atoms with Crippen molar-refractivity contribution in [3.8, 4) is 0 Å². The molecule has 0 aliphatic carbocycles. The molecule has 1 N–H and O–H groups in total. The molecule has 2 aromatic carbocycles. The number of halogens is 3. The number of carbonyl (C=O) groups is 1. The highest BCUT2D eigenvalue weighted by Gasteiger charge is 2.47. The van der Waals surface area contributed by atoms with Crippen LogP contribution in [0.25, 0.3) is 0 Å². The molecule has 1 amide bonds. The summed E-state index contributed by atoms with van der Waals surface area (Å²) in [5, 5.41) is 3.38. The topological polar surface area (TPSA) is 35.6 Å². The summed E-state index contributed by atoms with van der Waals surface area (Å²) in [6, 6.07) is 15.0. The number of carbonyl (C=O) groups excluding carboxylic acids is 1. The van der Waals surface area contributed by atoms with Crippen LogP contribution < -0.4 is 5.32 Å². The Morgan fingerprint density at radius 1 is 1.07 bits per heavy atom. The van der Waals surface area contributed by atoms with Gasteiger partial charge in [0.25, 0.3) is 5.91 Å². The van der Waals surface area contributed by atoms with Crippen LogP contribution in [-0.4, -0.2) is 48.4 Å². The maximum Gasteiger partial charge on any atom is 0.255 e. The van der Waals surface area contributed by atoms with Gasteiger partial charge in [-0.05, 0) is 56.6 Å². The van der Waals surface area contributed by atoms with Gasteiger partial charge in [-0.2, -0.15) is 0 Å². The van der Waals surface area contributed by atoms with Crippen molar-refractivity contribution < 1.29 is 9.18 Å². The van der Waals surface area contributed by atoms with Gasteiger partial charge in [0, 0.05) is 43.3 Å². The number of benzene rings is 2. The molecule has 0 spiro atoms. The first-order valence-corrected chi connectivity index (χ1v) is 10.0. The van der Waals surface area contributed by atoms with E-state index in [0.29, 0.717) is 18.4 Å². The zero-order chi connectivity index (χ0) is 19.8. The van der Waals surface area contributed by atoms with Gasteiger partial charge in [-0.3, -0.25) is 9.69 Å². The highest BCUT2D eigenvalue weighted by molar-refractivity contribution is 5.99. The van der Waals surface area contributed by atoms with Crippen molar-refractivity contribution in [3.63, 3.8) is 0 Å². The Labute approximate surface area is 190 Å². The summed E-state index contributed by atoms with van der Waals surface area (Å²) in [6.07, 6.45) is 0. The van der Waals surface area contributed by atoms with E-state index >= 15 is 0 Å². The van der Waals surface area contributed by atoms with Crippen LogP contribution in [0.3, 0.4) is 0 Å². The second kappa shape index (κ2) is 9.99. The van der Waals surface area contributed by atoms with E-state index in [1.165, 1.54) is 6.07 Å². The van der Waals surface area contributed by atoms with Gasteiger partial charge in [-0.15, -0.1) is 24.8 Å². The Bertz CT molecular complexity index is 879. The lowest BCUT2D eigenvalue weighted by molar-refractivity contribution is 0.0768. The Morgan fingerprint density at radius 3 is 2.50 bits per heavy atom. The lowest BCUT2D eigenvalue weighted by Crippen LogP contribution is -2.34. The zero-order valence-corrected chi connectivity index (χ0v) is 19.2. The minimum Gasteiger partial charge on any atom is -0.382 e. The Morgan fingerprint density at radius 2 is 1.80 bits per heavy atom. The van der Waals surface area contributed by atoms with E-state index in [0.717, 1.165) is 29.9 Å². The summed E-state index contributed by atoms with van der Waals surface area (Å²) in [5.74, 6) is 0.640. The molecule has 7 heteroatoms. The zero-order valence-electron chi connectivity index (χ0n) is 17.5. The van der Waals surface area contributed by atoms with E-state index in [-0.39, 0.29) is 48.6 Å². The van der Waals surface area contributed by atoms with Crippen LogP contribution in [0.4, 0.5) is 10.1 Å². The summed E-state index contributed by atoms with van der Waals surface area (Å²) in [4.78, 5) is 17.6. The second-order valence-electron chi connectivity index (χ2n) is 8.42. The fraction of sp³-hybridized carbons (Fsp3) is 0.435. The molecule has 4 rings (SSSR count). The lowest BCUT2D eigenvalue weighted by atomic mass is 9.89. The maximum atomic E-state index is 13.8. The van der Waals surface area contributed by atoms with Gasteiger partial charge < -0.3 is 10.2 Å². The monoisotopic (exact) mass is 453 g/mol. The Hall–Kier alpha value is -1.82. The third kappa shape index (κ3) is 4.74. The molecule has 0 aromatic heterocycles. The molecular formula is C23H30Cl2FN3O. The second-order valence-corrected chi connectivity index (χ2v) is 8.42. The predicted octanol–water partition coefficient (Wildman–Crippen LogP) is 4.86. The van der Waals surface area contributed by atoms with Gasteiger partial charge in [-0.25, -0.2) is 4.39 Å². The number of rotatable bonds is 4. The van der Waals surface area contributed by atoms with E-state index in [9.17, 15) is 9.18 Å². The van der Waals surface area contributed by atoms with Gasteiger partial charge in [0.05, 0.1) is 5.56 Å². The van der Waals surface area contributed by atoms with Crippen LogP contribution in [0, 0.1) is 17.7 Å². The van der Waals surface area contributed by atoms with E-state index < -0.39 is 0 Å². The fourth-order valence-corrected chi connectivity index (χ4v) is 4.89. The SMILES string of the molecule is CC(C)Nc1ccccc1C(=O)N1C[C@@H]2CN(C)[C@@H](c3cccc(F)c3)[C@@H]2C1.Cl.Cl. The third-order valence-electron chi connectivity index (χ3n) is 5.97. The molecule has 2 fully saturated rings. The molecule has 3 atom stereocenters. The number of para-hydroxylation sites is 1. The van der Waals surface area contributed by atoms with Crippen LogP contribution in [0.15, 0.2) is 48.5 Å². The van der Waals surface area contributed by atoms with Crippen LogP contribution in [0.2, 0.25) is 0 Å². The van der Waals surface area contributed by atoms with E-state index in [1.54, 1.807) is 12.1 Å². The smallest absolute Gasteiger partial charge is 0.255 e. The molecule has 0 radical (unpaired) electrons. The molecule has 2 saturated heterocycles. The largest absolute Gasteiger partial charge is 0.382 e. The number of likely N-dealkylation sites (tertiary alicyclic amines) is 2.